The molecule has 0 spiro atoms. The van der Waals surface area contributed by atoms with Crippen molar-refractivity contribution in [1.82, 2.24) is 14.8 Å². The lowest BCUT2D eigenvalue weighted by molar-refractivity contribution is 0.446. The normalized spacial score (nSPS) is 22.1. The van der Waals surface area contributed by atoms with Crippen LogP contribution in [0.1, 0.15) is 25.3 Å². The Hall–Kier alpha value is -1.07. The maximum absolute atomic E-state index is 6.06. The number of halogens is 2. The van der Waals surface area contributed by atoms with Gasteiger partial charge in [0.05, 0.1) is 15.5 Å². The van der Waals surface area contributed by atoms with E-state index in [1.54, 1.807) is 6.20 Å². The summed E-state index contributed by atoms with van der Waals surface area (Å²) in [6.07, 6.45) is 9.21. The second kappa shape index (κ2) is 6.14. The van der Waals surface area contributed by atoms with Gasteiger partial charge < -0.3 is 5.32 Å². The minimum Gasteiger partial charge on any atom is -0.370 e. The number of anilines is 1. The van der Waals surface area contributed by atoms with Crippen LogP contribution in [0.15, 0.2) is 35.2 Å². The first-order chi connectivity index (χ1) is 9.72. The summed E-state index contributed by atoms with van der Waals surface area (Å²) in [5.74, 6) is 1.49. The molecule has 1 aliphatic rings. The lowest BCUT2D eigenvalue weighted by Gasteiger charge is -2.13. The average Bonchev–Trinajstić information content (AvgIpc) is 3.09. The van der Waals surface area contributed by atoms with Crippen molar-refractivity contribution in [2.75, 3.05) is 11.9 Å². The quantitative estimate of drug-likeness (QED) is 0.896. The molecule has 3 rings (SSSR count). The highest BCUT2D eigenvalue weighted by atomic mass is 79.9. The van der Waals surface area contributed by atoms with Gasteiger partial charge in [-0.15, -0.1) is 0 Å². The van der Waals surface area contributed by atoms with Crippen molar-refractivity contribution >= 4 is 33.3 Å². The van der Waals surface area contributed by atoms with Crippen molar-refractivity contribution in [3.05, 3.63) is 40.2 Å². The number of nitrogens with one attached hydrogen (secondary N) is 1. The molecule has 1 aliphatic carbocycles. The maximum Gasteiger partial charge on any atom is 0.127 e. The minimum atomic E-state index is 0.540. The molecule has 2 heterocycles. The van der Waals surface area contributed by atoms with Crippen LogP contribution in [-0.2, 0) is 0 Å². The van der Waals surface area contributed by atoms with E-state index in [0.717, 1.165) is 16.8 Å². The molecule has 1 fully saturated rings. The van der Waals surface area contributed by atoms with Crippen LogP contribution in [-0.4, -0.2) is 21.3 Å². The van der Waals surface area contributed by atoms with E-state index >= 15 is 0 Å². The molecule has 20 heavy (non-hydrogen) atoms. The summed E-state index contributed by atoms with van der Waals surface area (Å²) < 4.78 is 2.90. The first-order valence-electron chi connectivity index (χ1n) is 6.76. The van der Waals surface area contributed by atoms with Gasteiger partial charge in [0.15, 0.2) is 0 Å². The molecule has 2 aromatic rings. The van der Waals surface area contributed by atoms with E-state index in [1.807, 2.05) is 18.3 Å². The van der Waals surface area contributed by atoms with Crippen LogP contribution in [0.3, 0.4) is 0 Å². The zero-order valence-electron chi connectivity index (χ0n) is 11.0. The van der Waals surface area contributed by atoms with Gasteiger partial charge in [-0.2, -0.15) is 5.10 Å². The highest BCUT2D eigenvalue weighted by Gasteiger charge is 2.25. The predicted molar refractivity (Wildman–Crippen MR) is 84.0 cm³/mol. The predicted octanol–water partition coefficient (Wildman–Crippen LogP) is 4.15. The molecule has 2 atom stereocenters. The topological polar surface area (TPSA) is 42.7 Å². The van der Waals surface area contributed by atoms with E-state index in [1.165, 1.54) is 19.3 Å². The molecule has 6 heteroatoms. The Morgan fingerprint density at radius 3 is 3.10 bits per heavy atom. The van der Waals surface area contributed by atoms with Gasteiger partial charge >= 0.3 is 0 Å². The van der Waals surface area contributed by atoms with Gasteiger partial charge in [0, 0.05) is 31.2 Å². The van der Waals surface area contributed by atoms with Crippen LogP contribution in [0.5, 0.6) is 0 Å². The SMILES string of the molecule is Clc1cc(NCC2CCC(n3cccn3)C2)ncc1Br. The lowest BCUT2D eigenvalue weighted by atomic mass is 10.1. The Morgan fingerprint density at radius 1 is 1.45 bits per heavy atom. The maximum atomic E-state index is 6.06. The van der Waals surface area contributed by atoms with Gasteiger partial charge in [-0.25, -0.2) is 4.98 Å². The van der Waals surface area contributed by atoms with Crippen molar-refractivity contribution in [3.8, 4) is 0 Å². The van der Waals surface area contributed by atoms with Gasteiger partial charge in [-0.3, -0.25) is 4.68 Å². The molecule has 0 saturated heterocycles. The monoisotopic (exact) mass is 354 g/mol. The smallest absolute Gasteiger partial charge is 0.127 e. The largest absolute Gasteiger partial charge is 0.370 e. The Kier molecular flexibility index (Phi) is 4.27. The highest BCUT2D eigenvalue weighted by Crippen LogP contribution is 2.34. The summed E-state index contributed by atoms with van der Waals surface area (Å²) >= 11 is 9.41. The summed E-state index contributed by atoms with van der Waals surface area (Å²) in [5.41, 5.74) is 0. The van der Waals surface area contributed by atoms with E-state index in [2.05, 4.69) is 42.2 Å². The number of rotatable bonds is 4. The fraction of sp³-hybridized carbons (Fsp3) is 0.429. The van der Waals surface area contributed by atoms with Crippen molar-refractivity contribution in [3.63, 3.8) is 0 Å². The van der Waals surface area contributed by atoms with Crippen LogP contribution in [0.2, 0.25) is 5.02 Å². The Morgan fingerprint density at radius 2 is 2.35 bits per heavy atom. The minimum absolute atomic E-state index is 0.540. The third-order valence-corrected chi connectivity index (χ3v) is 4.97. The number of hydrogen-bond acceptors (Lipinski definition) is 3. The molecule has 0 radical (unpaired) electrons. The van der Waals surface area contributed by atoms with Crippen molar-refractivity contribution in [1.29, 1.82) is 0 Å². The fourth-order valence-corrected chi connectivity index (χ4v) is 3.10. The molecule has 1 N–H and O–H groups in total. The highest BCUT2D eigenvalue weighted by molar-refractivity contribution is 9.10. The molecule has 4 nitrogen and oxygen atoms in total. The summed E-state index contributed by atoms with van der Waals surface area (Å²) in [4.78, 5) is 4.31. The van der Waals surface area contributed by atoms with E-state index in [-0.39, 0.29) is 0 Å². The third-order valence-electron chi connectivity index (χ3n) is 3.79. The van der Waals surface area contributed by atoms with Crippen molar-refractivity contribution in [2.24, 2.45) is 5.92 Å². The molecule has 0 aliphatic heterocycles. The van der Waals surface area contributed by atoms with Gasteiger partial charge in [0.1, 0.15) is 5.82 Å². The Bertz CT molecular complexity index is 573. The molecular weight excluding hydrogens is 340 g/mol. The van der Waals surface area contributed by atoms with Gasteiger partial charge in [0.2, 0.25) is 0 Å². The molecular formula is C14H16BrClN4. The van der Waals surface area contributed by atoms with Crippen LogP contribution in [0, 0.1) is 5.92 Å². The van der Waals surface area contributed by atoms with E-state index < -0.39 is 0 Å². The summed E-state index contributed by atoms with van der Waals surface area (Å²) in [6, 6.07) is 4.38. The molecule has 0 bridgehead atoms. The van der Waals surface area contributed by atoms with E-state index in [0.29, 0.717) is 17.0 Å². The second-order valence-electron chi connectivity index (χ2n) is 5.18. The van der Waals surface area contributed by atoms with Crippen molar-refractivity contribution < 1.29 is 0 Å². The first-order valence-corrected chi connectivity index (χ1v) is 7.93. The van der Waals surface area contributed by atoms with Gasteiger partial charge in [-0.1, -0.05) is 11.6 Å². The first kappa shape index (κ1) is 13.9. The molecule has 1 saturated carbocycles. The summed E-state index contributed by atoms with van der Waals surface area (Å²) in [5, 5.41) is 8.39. The zero-order valence-corrected chi connectivity index (χ0v) is 13.3. The Balaban J connectivity index is 1.53. The van der Waals surface area contributed by atoms with Crippen LogP contribution >= 0.6 is 27.5 Å². The molecule has 106 valence electrons. The molecule has 2 aromatic heterocycles. The summed E-state index contributed by atoms with van der Waals surface area (Å²) in [7, 11) is 0. The van der Waals surface area contributed by atoms with Crippen LogP contribution in [0.25, 0.3) is 0 Å². The average molecular weight is 356 g/mol. The number of aromatic nitrogens is 3. The molecule has 0 aromatic carbocycles. The lowest BCUT2D eigenvalue weighted by Crippen LogP contribution is -2.13. The van der Waals surface area contributed by atoms with E-state index in [4.69, 9.17) is 11.6 Å². The van der Waals surface area contributed by atoms with Crippen molar-refractivity contribution in [2.45, 2.75) is 25.3 Å². The molecule has 2 unspecified atom stereocenters. The summed E-state index contributed by atoms with van der Waals surface area (Å²) in [6.45, 7) is 0.933. The van der Waals surface area contributed by atoms with Gasteiger partial charge in [-0.05, 0) is 47.2 Å². The van der Waals surface area contributed by atoms with Crippen LogP contribution < -0.4 is 5.32 Å². The van der Waals surface area contributed by atoms with Gasteiger partial charge in [0.25, 0.3) is 0 Å². The number of nitrogens with zero attached hydrogens (tertiary/aromatic N) is 3. The van der Waals surface area contributed by atoms with E-state index in [9.17, 15) is 0 Å². The zero-order chi connectivity index (χ0) is 13.9. The second-order valence-corrected chi connectivity index (χ2v) is 6.45. The number of pyridine rings is 1. The third kappa shape index (κ3) is 3.15. The Labute approximate surface area is 131 Å². The van der Waals surface area contributed by atoms with Crippen LogP contribution in [0.4, 0.5) is 5.82 Å². The standard InChI is InChI=1S/C14H16BrClN4/c15-12-9-18-14(7-13(12)16)17-8-10-2-3-11(6-10)20-5-1-4-19-20/h1,4-5,7,9-11H,2-3,6,8H2,(H,17,18). The molecule has 0 amide bonds. The fourth-order valence-electron chi connectivity index (χ4n) is 2.73. The number of hydrogen-bond donors (Lipinski definition) is 1.